The fourth-order valence-electron chi connectivity index (χ4n) is 2.18. The first-order chi connectivity index (χ1) is 10.1. The summed E-state index contributed by atoms with van der Waals surface area (Å²) in [6.45, 7) is 0. The molecule has 4 heteroatoms. The molecule has 0 aliphatic carbocycles. The van der Waals surface area contributed by atoms with Crippen molar-refractivity contribution in [1.82, 2.24) is 9.55 Å². The Morgan fingerprint density at radius 3 is 2.43 bits per heavy atom. The first kappa shape index (κ1) is 13.1. The molecule has 0 saturated carbocycles. The van der Waals surface area contributed by atoms with Gasteiger partial charge in [-0.1, -0.05) is 48.6 Å². The van der Waals surface area contributed by atoms with Crippen LogP contribution >= 0.6 is 0 Å². The van der Waals surface area contributed by atoms with Crippen LogP contribution in [0.25, 0.3) is 23.1 Å². The van der Waals surface area contributed by atoms with E-state index in [9.17, 15) is 9.59 Å². The first-order valence-electron chi connectivity index (χ1n) is 6.61. The lowest BCUT2D eigenvalue weighted by Crippen LogP contribution is -2.32. The minimum absolute atomic E-state index is 0.285. The lowest BCUT2D eigenvalue weighted by atomic mass is 10.1. The summed E-state index contributed by atoms with van der Waals surface area (Å²) < 4.78 is 1.07. The van der Waals surface area contributed by atoms with Gasteiger partial charge in [0.2, 0.25) is 0 Å². The Morgan fingerprint density at radius 2 is 1.67 bits per heavy atom. The number of aromatic amines is 1. The molecule has 1 heterocycles. The van der Waals surface area contributed by atoms with E-state index in [1.54, 1.807) is 12.1 Å². The van der Waals surface area contributed by atoms with Crippen LogP contribution in [0, 0.1) is 0 Å². The molecule has 0 aliphatic rings. The third-order valence-corrected chi connectivity index (χ3v) is 3.39. The molecule has 0 bridgehead atoms. The van der Waals surface area contributed by atoms with Crippen LogP contribution in [0.2, 0.25) is 0 Å². The van der Waals surface area contributed by atoms with Gasteiger partial charge in [0.25, 0.3) is 5.56 Å². The van der Waals surface area contributed by atoms with Gasteiger partial charge in [0, 0.05) is 7.05 Å². The van der Waals surface area contributed by atoms with Crippen molar-refractivity contribution < 1.29 is 0 Å². The van der Waals surface area contributed by atoms with Crippen LogP contribution in [0.4, 0.5) is 0 Å². The van der Waals surface area contributed by atoms with E-state index in [4.69, 9.17) is 0 Å². The summed E-state index contributed by atoms with van der Waals surface area (Å²) in [5, 5.41) is 0.508. The lowest BCUT2D eigenvalue weighted by molar-refractivity contribution is 0.794. The Labute approximate surface area is 121 Å². The summed E-state index contributed by atoms with van der Waals surface area (Å²) in [5.41, 5.74) is 1.88. The van der Waals surface area contributed by atoms with E-state index in [2.05, 4.69) is 4.98 Å². The summed E-state index contributed by atoms with van der Waals surface area (Å²) in [7, 11) is 1.46. The van der Waals surface area contributed by atoms with Crippen LogP contribution < -0.4 is 11.2 Å². The van der Waals surface area contributed by atoms with Crippen molar-refractivity contribution in [2.45, 2.75) is 0 Å². The predicted octanol–water partition coefficient (Wildman–Crippen LogP) is 2.40. The standard InChI is InChI=1S/C17H14N2O2/c1-19-16(20)14-10-9-13(11-15(14)18-17(19)21)8-7-12-5-3-2-4-6-12/h2-11H,1H3,(H,18,21). The highest BCUT2D eigenvalue weighted by Gasteiger charge is 2.04. The highest BCUT2D eigenvalue weighted by molar-refractivity contribution is 5.82. The molecule has 0 spiro atoms. The zero-order chi connectivity index (χ0) is 14.8. The van der Waals surface area contributed by atoms with Crippen molar-refractivity contribution in [3.63, 3.8) is 0 Å². The van der Waals surface area contributed by atoms with Crippen molar-refractivity contribution in [1.29, 1.82) is 0 Å². The number of fused-ring (bicyclic) bond motifs is 1. The molecule has 0 amide bonds. The molecule has 0 radical (unpaired) electrons. The summed E-state index contributed by atoms with van der Waals surface area (Å²) in [6, 6.07) is 15.3. The number of rotatable bonds is 2. The van der Waals surface area contributed by atoms with Crippen LogP contribution in [-0.2, 0) is 7.05 Å². The highest BCUT2D eigenvalue weighted by Crippen LogP contribution is 2.12. The second kappa shape index (κ2) is 5.25. The molecule has 104 valence electrons. The topological polar surface area (TPSA) is 54.9 Å². The maximum absolute atomic E-state index is 12.0. The molecule has 3 aromatic rings. The molecular formula is C17H14N2O2. The molecule has 1 aromatic heterocycles. The van der Waals surface area contributed by atoms with E-state index in [1.165, 1.54) is 7.05 Å². The van der Waals surface area contributed by atoms with Gasteiger partial charge in [0.15, 0.2) is 0 Å². The van der Waals surface area contributed by atoms with Gasteiger partial charge in [0.05, 0.1) is 10.9 Å². The van der Waals surface area contributed by atoms with Gasteiger partial charge >= 0.3 is 5.69 Å². The van der Waals surface area contributed by atoms with Gasteiger partial charge in [-0.3, -0.25) is 9.36 Å². The summed E-state index contributed by atoms with van der Waals surface area (Å²) in [4.78, 5) is 26.3. The summed E-state index contributed by atoms with van der Waals surface area (Å²) in [6.07, 6.45) is 3.94. The third-order valence-electron chi connectivity index (χ3n) is 3.39. The summed E-state index contributed by atoms with van der Waals surface area (Å²) in [5.74, 6) is 0. The number of aromatic nitrogens is 2. The Balaban J connectivity index is 2.06. The largest absolute Gasteiger partial charge is 0.328 e. The van der Waals surface area contributed by atoms with Crippen LogP contribution in [0.1, 0.15) is 11.1 Å². The average Bonchev–Trinajstić information content (AvgIpc) is 2.51. The van der Waals surface area contributed by atoms with Crippen molar-refractivity contribution in [2.75, 3.05) is 0 Å². The fourth-order valence-corrected chi connectivity index (χ4v) is 2.18. The molecule has 0 aliphatic heterocycles. The second-order valence-electron chi connectivity index (χ2n) is 4.84. The van der Waals surface area contributed by atoms with E-state index in [-0.39, 0.29) is 5.56 Å². The van der Waals surface area contributed by atoms with Gasteiger partial charge in [-0.15, -0.1) is 0 Å². The zero-order valence-electron chi connectivity index (χ0n) is 11.5. The lowest BCUT2D eigenvalue weighted by Gasteiger charge is -2.02. The van der Waals surface area contributed by atoms with Gasteiger partial charge < -0.3 is 4.98 Å². The molecule has 3 rings (SSSR count). The smallest absolute Gasteiger partial charge is 0.307 e. The van der Waals surface area contributed by atoms with Crippen LogP contribution in [0.3, 0.4) is 0 Å². The first-order valence-corrected chi connectivity index (χ1v) is 6.61. The average molecular weight is 278 g/mol. The molecule has 0 fully saturated rings. The molecular weight excluding hydrogens is 264 g/mol. The fraction of sp³-hybridized carbons (Fsp3) is 0.0588. The Hall–Kier alpha value is -2.88. The minimum Gasteiger partial charge on any atom is -0.307 e. The van der Waals surface area contributed by atoms with Gasteiger partial charge in [-0.05, 0) is 23.3 Å². The quantitative estimate of drug-likeness (QED) is 0.732. The molecule has 0 unspecified atom stereocenters. The van der Waals surface area contributed by atoms with E-state index < -0.39 is 5.69 Å². The second-order valence-corrected chi connectivity index (χ2v) is 4.84. The number of benzene rings is 2. The Bertz CT molecular complexity index is 934. The maximum atomic E-state index is 12.0. The van der Waals surface area contributed by atoms with Crippen molar-refractivity contribution in [3.05, 3.63) is 80.5 Å². The molecule has 1 N–H and O–H groups in total. The third kappa shape index (κ3) is 2.56. The molecule has 0 saturated heterocycles. The van der Waals surface area contributed by atoms with Crippen LogP contribution in [-0.4, -0.2) is 9.55 Å². The zero-order valence-corrected chi connectivity index (χ0v) is 11.5. The van der Waals surface area contributed by atoms with E-state index in [1.807, 2.05) is 48.6 Å². The van der Waals surface area contributed by atoms with Crippen LogP contribution in [0.15, 0.2) is 58.1 Å². The number of nitrogens with one attached hydrogen (secondary N) is 1. The SMILES string of the molecule is Cn1c(=O)[nH]c2cc(C=Cc3ccccc3)ccc2c1=O. The number of hydrogen-bond acceptors (Lipinski definition) is 2. The van der Waals surface area contributed by atoms with Gasteiger partial charge in [-0.25, -0.2) is 4.79 Å². The monoisotopic (exact) mass is 278 g/mol. The normalized spacial score (nSPS) is 11.3. The highest BCUT2D eigenvalue weighted by atomic mass is 16.2. The minimum atomic E-state index is -0.406. The van der Waals surface area contributed by atoms with Gasteiger partial charge in [0.1, 0.15) is 0 Å². The van der Waals surface area contributed by atoms with Crippen LogP contribution in [0.5, 0.6) is 0 Å². The Morgan fingerprint density at radius 1 is 0.952 bits per heavy atom. The van der Waals surface area contributed by atoms with Gasteiger partial charge in [-0.2, -0.15) is 0 Å². The van der Waals surface area contributed by atoms with Crippen molar-refractivity contribution in [3.8, 4) is 0 Å². The number of hydrogen-bond donors (Lipinski definition) is 1. The van der Waals surface area contributed by atoms with Crippen molar-refractivity contribution in [2.24, 2.45) is 7.05 Å². The predicted molar refractivity (Wildman–Crippen MR) is 85.2 cm³/mol. The number of H-pyrrole nitrogens is 1. The molecule has 21 heavy (non-hydrogen) atoms. The Kier molecular flexibility index (Phi) is 3.28. The molecule has 0 atom stereocenters. The molecule has 4 nitrogen and oxygen atoms in total. The molecule has 2 aromatic carbocycles. The summed E-state index contributed by atoms with van der Waals surface area (Å²) >= 11 is 0. The maximum Gasteiger partial charge on any atom is 0.328 e. The van der Waals surface area contributed by atoms with E-state index in [0.717, 1.165) is 15.7 Å². The number of nitrogens with zero attached hydrogens (tertiary/aromatic N) is 1. The van der Waals surface area contributed by atoms with E-state index >= 15 is 0 Å². The van der Waals surface area contributed by atoms with E-state index in [0.29, 0.717) is 10.9 Å². The van der Waals surface area contributed by atoms with Crippen molar-refractivity contribution >= 4 is 23.1 Å².